The van der Waals surface area contributed by atoms with Crippen LogP contribution >= 0.6 is 0 Å². The molecule has 120 valence electrons. The summed E-state index contributed by atoms with van der Waals surface area (Å²) in [6.07, 6.45) is 3.83. The molecule has 21 heavy (non-hydrogen) atoms. The van der Waals surface area contributed by atoms with Gasteiger partial charge >= 0.3 is 0 Å². The molecule has 0 unspecified atom stereocenters. The molecule has 2 rings (SSSR count). The van der Waals surface area contributed by atoms with Gasteiger partial charge in [-0.3, -0.25) is 9.40 Å². The third kappa shape index (κ3) is 3.99. The highest BCUT2D eigenvalue weighted by molar-refractivity contribution is 7.92. The fourth-order valence-electron chi connectivity index (χ4n) is 2.83. The van der Waals surface area contributed by atoms with Crippen LogP contribution in [-0.4, -0.2) is 24.0 Å². The summed E-state index contributed by atoms with van der Waals surface area (Å²) in [4.78, 5) is 0. The normalized spacial score (nSPS) is 22.6. The molecule has 0 spiro atoms. The highest BCUT2D eigenvalue weighted by Gasteiger charge is 2.34. The Labute approximate surface area is 128 Å². The molecule has 0 saturated heterocycles. The number of aromatic nitrogens is 2. The number of nitrogens with one attached hydrogen (secondary N) is 1. The van der Waals surface area contributed by atoms with Crippen molar-refractivity contribution in [2.45, 2.75) is 53.5 Å². The van der Waals surface area contributed by atoms with E-state index in [1.807, 2.05) is 20.8 Å². The minimum absolute atomic E-state index is 0.223. The third-order valence-corrected chi connectivity index (χ3v) is 5.82. The second-order valence-corrected chi connectivity index (χ2v) is 8.69. The second kappa shape index (κ2) is 5.99. The van der Waals surface area contributed by atoms with Crippen LogP contribution in [0.15, 0.2) is 6.20 Å². The Kier molecular flexibility index (Phi) is 4.66. The Bertz CT molecular complexity index is 584. The van der Waals surface area contributed by atoms with Crippen LogP contribution < -0.4 is 4.72 Å². The van der Waals surface area contributed by atoms with Gasteiger partial charge in [-0.15, -0.1) is 0 Å². The highest BCUT2D eigenvalue weighted by Crippen LogP contribution is 2.39. The van der Waals surface area contributed by atoms with Gasteiger partial charge in [0.1, 0.15) is 0 Å². The monoisotopic (exact) mass is 313 g/mol. The zero-order valence-corrected chi connectivity index (χ0v) is 14.4. The number of anilines is 1. The van der Waals surface area contributed by atoms with Crippen molar-refractivity contribution in [2.24, 2.45) is 17.8 Å². The molecule has 1 N–H and O–H groups in total. The van der Waals surface area contributed by atoms with E-state index in [-0.39, 0.29) is 11.8 Å². The summed E-state index contributed by atoms with van der Waals surface area (Å²) in [5.74, 6) is 1.87. The summed E-state index contributed by atoms with van der Waals surface area (Å²) >= 11 is 0. The average Bonchev–Trinajstić information content (AvgIpc) is 2.64. The molecule has 1 aromatic heterocycles. The summed E-state index contributed by atoms with van der Waals surface area (Å²) in [6.45, 7) is 10.3. The first kappa shape index (κ1) is 16.3. The molecule has 1 saturated carbocycles. The zero-order valence-electron chi connectivity index (χ0n) is 13.6. The fraction of sp³-hybridized carbons (Fsp3) is 0.800. The van der Waals surface area contributed by atoms with Gasteiger partial charge in [-0.2, -0.15) is 5.10 Å². The largest absolute Gasteiger partial charge is 0.280 e. The minimum atomic E-state index is -3.28. The van der Waals surface area contributed by atoms with Crippen LogP contribution in [0.25, 0.3) is 0 Å². The predicted octanol–water partition coefficient (Wildman–Crippen LogP) is 3.20. The summed E-state index contributed by atoms with van der Waals surface area (Å²) < 4.78 is 29.0. The van der Waals surface area contributed by atoms with Gasteiger partial charge in [0.25, 0.3) is 0 Å². The summed E-state index contributed by atoms with van der Waals surface area (Å²) in [7, 11) is -3.28. The maximum absolute atomic E-state index is 12.3. The number of hydrogen-bond acceptors (Lipinski definition) is 3. The van der Waals surface area contributed by atoms with Gasteiger partial charge in [-0.25, -0.2) is 8.42 Å². The lowest BCUT2D eigenvalue weighted by Gasteiger charge is -2.37. The predicted molar refractivity (Wildman–Crippen MR) is 85.8 cm³/mol. The van der Waals surface area contributed by atoms with Crippen LogP contribution in [0.1, 0.15) is 52.3 Å². The lowest BCUT2D eigenvalue weighted by Crippen LogP contribution is -2.34. The minimum Gasteiger partial charge on any atom is -0.280 e. The highest BCUT2D eigenvalue weighted by atomic mass is 32.2. The summed E-state index contributed by atoms with van der Waals surface area (Å²) in [5, 5.41) is 4.33. The summed E-state index contributed by atoms with van der Waals surface area (Å²) in [6, 6.07) is 0.223. The van der Waals surface area contributed by atoms with E-state index in [9.17, 15) is 8.42 Å². The lowest BCUT2D eigenvalue weighted by molar-refractivity contribution is 0.158. The molecule has 0 amide bonds. The molecule has 6 heteroatoms. The Balaban J connectivity index is 1.96. The quantitative estimate of drug-likeness (QED) is 0.877. The SMILES string of the molecule is Cc1nn(C(C)C)cc1NS(=O)(=O)CC1CC(C(C)C)C1. The number of rotatable bonds is 6. The van der Waals surface area contributed by atoms with Crippen LogP contribution in [0.4, 0.5) is 5.69 Å². The third-order valence-electron chi connectivity index (χ3n) is 4.38. The maximum Gasteiger partial charge on any atom is 0.233 e. The van der Waals surface area contributed by atoms with Gasteiger partial charge < -0.3 is 0 Å². The Morgan fingerprint density at radius 1 is 1.33 bits per heavy atom. The Hall–Kier alpha value is -1.04. The van der Waals surface area contributed by atoms with Crippen molar-refractivity contribution in [3.8, 4) is 0 Å². The van der Waals surface area contributed by atoms with E-state index in [0.29, 0.717) is 23.4 Å². The molecule has 0 radical (unpaired) electrons. The van der Waals surface area contributed by atoms with Crippen LogP contribution in [0.2, 0.25) is 0 Å². The standard InChI is InChI=1S/C15H27N3O2S/c1-10(2)14-6-13(7-14)9-21(19,20)17-15-8-18(11(3)4)16-12(15)5/h8,10-11,13-14,17H,6-7,9H2,1-5H3. The number of sulfonamides is 1. The molecule has 1 heterocycles. The number of aryl methyl sites for hydroxylation is 1. The van der Waals surface area contributed by atoms with Crippen molar-refractivity contribution < 1.29 is 8.42 Å². The van der Waals surface area contributed by atoms with E-state index in [1.165, 1.54) is 0 Å². The van der Waals surface area contributed by atoms with Gasteiger partial charge in [-0.05, 0) is 51.4 Å². The molecule has 0 aliphatic heterocycles. The van der Waals surface area contributed by atoms with Gasteiger partial charge in [-0.1, -0.05) is 13.8 Å². The molecule has 1 aliphatic rings. The molecule has 5 nitrogen and oxygen atoms in total. The maximum atomic E-state index is 12.3. The van der Waals surface area contributed by atoms with E-state index in [2.05, 4.69) is 23.7 Å². The molecule has 1 aliphatic carbocycles. The van der Waals surface area contributed by atoms with Crippen molar-refractivity contribution in [2.75, 3.05) is 10.5 Å². The lowest BCUT2D eigenvalue weighted by atomic mass is 9.70. The van der Waals surface area contributed by atoms with Crippen LogP contribution in [0, 0.1) is 24.7 Å². The fourth-order valence-corrected chi connectivity index (χ4v) is 4.35. The first-order valence-corrected chi connectivity index (χ1v) is 9.39. The number of nitrogens with zero attached hydrogens (tertiary/aromatic N) is 2. The van der Waals surface area contributed by atoms with Crippen molar-refractivity contribution in [1.82, 2.24) is 9.78 Å². The van der Waals surface area contributed by atoms with Crippen molar-refractivity contribution in [3.05, 3.63) is 11.9 Å². The van der Waals surface area contributed by atoms with Gasteiger partial charge in [0, 0.05) is 12.2 Å². The molecular weight excluding hydrogens is 286 g/mol. The second-order valence-electron chi connectivity index (χ2n) is 6.93. The first-order chi connectivity index (χ1) is 9.68. The molecule has 0 aromatic carbocycles. The Morgan fingerprint density at radius 3 is 2.43 bits per heavy atom. The zero-order chi connectivity index (χ0) is 15.8. The van der Waals surface area contributed by atoms with Gasteiger partial charge in [0.15, 0.2) is 0 Å². The van der Waals surface area contributed by atoms with E-state index in [4.69, 9.17) is 0 Å². The number of hydrogen-bond donors (Lipinski definition) is 1. The smallest absolute Gasteiger partial charge is 0.233 e. The van der Waals surface area contributed by atoms with Gasteiger partial charge in [0.2, 0.25) is 10.0 Å². The molecule has 0 bridgehead atoms. The molecule has 0 atom stereocenters. The van der Waals surface area contributed by atoms with Crippen molar-refractivity contribution in [1.29, 1.82) is 0 Å². The van der Waals surface area contributed by atoms with E-state index < -0.39 is 10.0 Å². The molecule has 1 fully saturated rings. The topological polar surface area (TPSA) is 64.0 Å². The average molecular weight is 313 g/mol. The first-order valence-electron chi connectivity index (χ1n) is 7.74. The molecule has 1 aromatic rings. The summed E-state index contributed by atoms with van der Waals surface area (Å²) in [5.41, 5.74) is 1.32. The van der Waals surface area contributed by atoms with Crippen molar-refractivity contribution in [3.63, 3.8) is 0 Å². The van der Waals surface area contributed by atoms with Crippen LogP contribution in [0.3, 0.4) is 0 Å². The molecular formula is C15H27N3O2S. The van der Waals surface area contributed by atoms with E-state index in [1.54, 1.807) is 10.9 Å². The van der Waals surface area contributed by atoms with Crippen molar-refractivity contribution >= 4 is 15.7 Å². The van der Waals surface area contributed by atoms with E-state index in [0.717, 1.165) is 18.5 Å². The van der Waals surface area contributed by atoms with Crippen LogP contribution in [-0.2, 0) is 10.0 Å². The van der Waals surface area contributed by atoms with E-state index >= 15 is 0 Å². The van der Waals surface area contributed by atoms with Gasteiger partial charge in [0.05, 0.1) is 17.1 Å². The Morgan fingerprint density at radius 2 is 1.95 bits per heavy atom. The van der Waals surface area contributed by atoms with Crippen LogP contribution in [0.5, 0.6) is 0 Å².